The van der Waals surface area contributed by atoms with Crippen molar-refractivity contribution in [1.29, 1.82) is 0 Å². The summed E-state index contributed by atoms with van der Waals surface area (Å²) in [5.74, 6) is -0.444. The van der Waals surface area contributed by atoms with Crippen LogP contribution >= 0.6 is 23.4 Å². The van der Waals surface area contributed by atoms with Crippen molar-refractivity contribution in [3.05, 3.63) is 75.1 Å². The SMILES string of the molecule is CC(C)NC(=O)CN1CCN(C(=O)c2ccc(/C=C3\SC(=O)N(Cc4ccccc4Cl)C3=O)cc2)CC1. The minimum atomic E-state index is -0.366. The molecule has 194 valence electrons. The lowest BCUT2D eigenvalue weighted by atomic mass is 10.1. The molecule has 0 atom stereocenters. The zero-order chi connectivity index (χ0) is 26.5. The Morgan fingerprint density at radius 1 is 1.03 bits per heavy atom. The fraction of sp³-hybridized carbons (Fsp3) is 0.333. The van der Waals surface area contributed by atoms with Gasteiger partial charge in [-0.1, -0.05) is 41.9 Å². The Morgan fingerprint density at radius 2 is 1.70 bits per heavy atom. The van der Waals surface area contributed by atoms with Crippen LogP contribution in [0.25, 0.3) is 6.08 Å². The number of amides is 4. The lowest BCUT2D eigenvalue weighted by molar-refractivity contribution is -0.124. The maximum Gasteiger partial charge on any atom is 0.293 e. The van der Waals surface area contributed by atoms with Gasteiger partial charge in [-0.05, 0) is 61.0 Å². The number of imide groups is 1. The number of carbonyl (C=O) groups excluding carboxylic acids is 4. The first-order valence-electron chi connectivity index (χ1n) is 12.1. The Kier molecular flexibility index (Phi) is 8.68. The van der Waals surface area contributed by atoms with E-state index < -0.39 is 0 Å². The molecule has 2 aliphatic heterocycles. The highest BCUT2D eigenvalue weighted by atomic mass is 35.5. The number of hydrogen-bond donors (Lipinski definition) is 1. The van der Waals surface area contributed by atoms with Crippen molar-refractivity contribution >= 4 is 52.4 Å². The Bertz CT molecular complexity index is 1220. The van der Waals surface area contributed by atoms with Crippen molar-refractivity contribution in [3.63, 3.8) is 0 Å². The number of nitrogens with zero attached hydrogens (tertiary/aromatic N) is 3. The van der Waals surface area contributed by atoms with Crippen molar-refractivity contribution < 1.29 is 19.2 Å². The number of nitrogens with one attached hydrogen (secondary N) is 1. The van der Waals surface area contributed by atoms with Gasteiger partial charge in [0.2, 0.25) is 5.91 Å². The second kappa shape index (κ2) is 11.9. The topological polar surface area (TPSA) is 90.0 Å². The summed E-state index contributed by atoms with van der Waals surface area (Å²) in [4.78, 5) is 55.6. The molecule has 4 rings (SSSR count). The molecule has 2 heterocycles. The summed E-state index contributed by atoms with van der Waals surface area (Å²) in [5.41, 5.74) is 1.98. The maximum atomic E-state index is 13.0. The summed E-state index contributed by atoms with van der Waals surface area (Å²) in [5, 5.41) is 3.05. The molecule has 0 saturated carbocycles. The zero-order valence-corrected chi connectivity index (χ0v) is 22.3. The molecule has 0 spiro atoms. The smallest absolute Gasteiger partial charge is 0.293 e. The first kappa shape index (κ1) is 26.9. The van der Waals surface area contributed by atoms with Gasteiger partial charge in [0.15, 0.2) is 0 Å². The van der Waals surface area contributed by atoms with Crippen molar-refractivity contribution in [2.75, 3.05) is 32.7 Å². The number of thioether (sulfide) groups is 1. The first-order chi connectivity index (χ1) is 17.7. The number of halogens is 1. The molecule has 1 N–H and O–H groups in total. The monoisotopic (exact) mass is 540 g/mol. The minimum Gasteiger partial charge on any atom is -0.353 e. The van der Waals surface area contributed by atoms with Gasteiger partial charge in [-0.15, -0.1) is 0 Å². The van der Waals surface area contributed by atoms with E-state index in [-0.39, 0.29) is 35.5 Å². The number of benzene rings is 2. The van der Waals surface area contributed by atoms with Crippen molar-refractivity contribution in [3.8, 4) is 0 Å². The fourth-order valence-electron chi connectivity index (χ4n) is 4.17. The Morgan fingerprint density at radius 3 is 2.35 bits per heavy atom. The molecule has 0 aliphatic carbocycles. The van der Waals surface area contributed by atoms with Crippen LogP contribution < -0.4 is 5.32 Å². The second-order valence-corrected chi connectivity index (χ2v) is 10.7. The molecule has 10 heteroatoms. The van der Waals surface area contributed by atoms with Gasteiger partial charge in [-0.25, -0.2) is 0 Å². The number of rotatable bonds is 7. The summed E-state index contributed by atoms with van der Waals surface area (Å²) in [7, 11) is 0. The molecule has 4 amide bonds. The molecule has 37 heavy (non-hydrogen) atoms. The van der Waals surface area contributed by atoms with Crippen LogP contribution in [0.15, 0.2) is 53.4 Å². The highest BCUT2D eigenvalue weighted by Gasteiger charge is 2.35. The highest BCUT2D eigenvalue weighted by molar-refractivity contribution is 8.18. The normalized spacial score (nSPS) is 17.7. The van der Waals surface area contributed by atoms with E-state index in [0.29, 0.717) is 53.8 Å². The van der Waals surface area contributed by atoms with E-state index in [1.165, 1.54) is 4.90 Å². The van der Waals surface area contributed by atoms with Crippen molar-refractivity contribution in [2.24, 2.45) is 0 Å². The van der Waals surface area contributed by atoms with E-state index >= 15 is 0 Å². The Balaban J connectivity index is 1.34. The molecule has 2 fully saturated rings. The van der Waals surface area contributed by atoms with Gasteiger partial charge in [0.25, 0.3) is 17.1 Å². The van der Waals surface area contributed by atoms with E-state index in [0.717, 1.165) is 17.3 Å². The van der Waals surface area contributed by atoms with E-state index in [1.54, 1.807) is 53.4 Å². The standard InChI is InChI=1S/C27H29ClN4O4S/c1-18(2)29-24(33)17-30-11-13-31(14-12-30)25(34)20-9-7-19(8-10-20)15-23-26(35)32(27(36)37-23)16-21-5-3-4-6-22(21)28/h3-10,15,18H,11-14,16-17H2,1-2H3,(H,29,33)/b23-15-. The van der Waals surface area contributed by atoms with E-state index in [4.69, 9.17) is 11.6 Å². The van der Waals surface area contributed by atoms with Crippen LogP contribution in [0.4, 0.5) is 4.79 Å². The van der Waals surface area contributed by atoms with E-state index in [2.05, 4.69) is 5.32 Å². The minimum absolute atomic E-state index is 0.00734. The van der Waals surface area contributed by atoms with Gasteiger partial charge in [-0.3, -0.25) is 29.0 Å². The largest absolute Gasteiger partial charge is 0.353 e. The third-order valence-corrected chi connectivity index (χ3v) is 7.37. The van der Waals surface area contributed by atoms with Crippen LogP contribution in [0.5, 0.6) is 0 Å². The van der Waals surface area contributed by atoms with Gasteiger partial charge < -0.3 is 10.2 Å². The summed E-state index contributed by atoms with van der Waals surface area (Å²) in [6.45, 7) is 6.68. The summed E-state index contributed by atoms with van der Waals surface area (Å²) in [6, 6.07) is 14.2. The first-order valence-corrected chi connectivity index (χ1v) is 13.3. The predicted octanol–water partition coefficient (Wildman–Crippen LogP) is 3.86. The lowest BCUT2D eigenvalue weighted by Gasteiger charge is -2.34. The predicted molar refractivity (Wildman–Crippen MR) is 145 cm³/mol. The molecule has 0 unspecified atom stereocenters. The number of carbonyl (C=O) groups is 4. The molecule has 0 bridgehead atoms. The third-order valence-electron chi connectivity index (χ3n) is 6.09. The molecule has 0 aromatic heterocycles. The lowest BCUT2D eigenvalue weighted by Crippen LogP contribution is -2.51. The van der Waals surface area contributed by atoms with Crippen LogP contribution in [0.1, 0.15) is 35.3 Å². The fourth-order valence-corrected chi connectivity index (χ4v) is 5.20. The van der Waals surface area contributed by atoms with Crippen LogP contribution in [0, 0.1) is 0 Å². The summed E-state index contributed by atoms with van der Waals surface area (Å²) in [6.07, 6.45) is 1.66. The summed E-state index contributed by atoms with van der Waals surface area (Å²) >= 11 is 7.07. The van der Waals surface area contributed by atoms with Crippen LogP contribution in [0.3, 0.4) is 0 Å². The Labute approximate surface area is 225 Å². The number of hydrogen-bond acceptors (Lipinski definition) is 6. The average molecular weight is 541 g/mol. The van der Waals surface area contributed by atoms with Crippen LogP contribution in [-0.2, 0) is 16.1 Å². The second-order valence-electron chi connectivity index (χ2n) is 9.27. The van der Waals surface area contributed by atoms with Crippen molar-refractivity contribution in [2.45, 2.75) is 26.4 Å². The van der Waals surface area contributed by atoms with Gasteiger partial charge in [-0.2, -0.15) is 0 Å². The van der Waals surface area contributed by atoms with Gasteiger partial charge >= 0.3 is 0 Å². The van der Waals surface area contributed by atoms with Crippen molar-refractivity contribution in [1.82, 2.24) is 20.0 Å². The molecule has 8 nitrogen and oxygen atoms in total. The molecule has 2 aromatic rings. The van der Waals surface area contributed by atoms with Crippen LogP contribution in [-0.4, -0.2) is 76.4 Å². The van der Waals surface area contributed by atoms with Gasteiger partial charge in [0.05, 0.1) is 18.0 Å². The molecule has 2 aliphatic rings. The molecule has 2 aromatic carbocycles. The average Bonchev–Trinajstić information content (AvgIpc) is 3.12. The molecule has 2 saturated heterocycles. The molecular weight excluding hydrogens is 512 g/mol. The maximum absolute atomic E-state index is 13.0. The zero-order valence-electron chi connectivity index (χ0n) is 20.8. The quantitative estimate of drug-likeness (QED) is 0.536. The number of piperazine rings is 1. The molecule has 0 radical (unpaired) electrons. The molecular formula is C27H29ClN4O4S. The van der Waals surface area contributed by atoms with E-state index in [9.17, 15) is 19.2 Å². The summed E-state index contributed by atoms with van der Waals surface area (Å²) < 4.78 is 0. The van der Waals surface area contributed by atoms with Gasteiger partial charge in [0, 0.05) is 42.8 Å². The van der Waals surface area contributed by atoms with E-state index in [1.807, 2.05) is 24.8 Å². The third kappa shape index (κ3) is 6.80. The Hall–Kier alpha value is -3.14. The van der Waals surface area contributed by atoms with Crippen LogP contribution in [0.2, 0.25) is 5.02 Å². The highest BCUT2D eigenvalue weighted by Crippen LogP contribution is 2.34. The van der Waals surface area contributed by atoms with Gasteiger partial charge in [0.1, 0.15) is 0 Å².